The van der Waals surface area contributed by atoms with Gasteiger partial charge in [-0.25, -0.2) is 0 Å². The van der Waals surface area contributed by atoms with Gasteiger partial charge in [0, 0.05) is 19.2 Å². The normalized spacial score (nSPS) is 12.2. The van der Waals surface area contributed by atoms with Crippen LogP contribution in [0.25, 0.3) is 10.9 Å². The molecule has 0 atom stereocenters. The van der Waals surface area contributed by atoms with Crippen LogP contribution in [0.4, 0.5) is 13.2 Å². The highest BCUT2D eigenvalue weighted by Crippen LogP contribution is 2.24. The first-order valence-corrected chi connectivity index (χ1v) is 6.35. The molecule has 0 saturated heterocycles. The van der Waals surface area contributed by atoms with E-state index in [2.05, 4.69) is 0 Å². The maximum atomic E-state index is 12.2. The van der Waals surface area contributed by atoms with Gasteiger partial charge in [0.15, 0.2) is 0 Å². The molecular formula is C14H17F3N2. The zero-order chi connectivity index (χ0) is 13.9. The summed E-state index contributed by atoms with van der Waals surface area (Å²) in [7, 11) is 0. The Labute approximate surface area is 110 Å². The number of nitrogens with two attached hydrogens (primary N) is 1. The summed E-state index contributed by atoms with van der Waals surface area (Å²) in [6, 6.07) is 7.83. The SMILES string of the molecule is NCCc1cccc2ccn(CCCC(F)(F)F)c12. The maximum Gasteiger partial charge on any atom is 0.389 e. The van der Waals surface area contributed by atoms with Gasteiger partial charge in [-0.05, 0) is 36.4 Å². The largest absolute Gasteiger partial charge is 0.389 e. The Morgan fingerprint density at radius 2 is 1.95 bits per heavy atom. The molecule has 0 unspecified atom stereocenters. The van der Waals surface area contributed by atoms with E-state index in [1.807, 2.05) is 35.0 Å². The zero-order valence-electron chi connectivity index (χ0n) is 10.6. The van der Waals surface area contributed by atoms with Gasteiger partial charge < -0.3 is 10.3 Å². The molecule has 0 aliphatic heterocycles. The highest BCUT2D eigenvalue weighted by Gasteiger charge is 2.26. The molecule has 1 aromatic carbocycles. The van der Waals surface area contributed by atoms with Crippen LogP contribution >= 0.6 is 0 Å². The number of alkyl halides is 3. The standard InChI is InChI=1S/C14H17F3N2/c15-14(16,17)7-2-9-19-10-6-12-4-1-3-11(5-8-18)13(12)19/h1,3-4,6,10H,2,5,7-9,18H2. The van der Waals surface area contributed by atoms with Crippen molar-refractivity contribution >= 4 is 10.9 Å². The van der Waals surface area contributed by atoms with E-state index < -0.39 is 12.6 Å². The van der Waals surface area contributed by atoms with Gasteiger partial charge in [-0.2, -0.15) is 13.2 Å². The monoisotopic (exact) mass is 270 g/mol. The summed E-state index contributed by atoms with van der Waals surface area (Å²) in [5.41, 5.74) is 7.67. The molecule has 104 valence electrons. The number of rotatable bonds is 5. The Morgan fingerprint density at radius 1 is 1.16 bits per heavy atom. The third-order valence-electron chi connectivity index (χ3n) is 3.14. The average molecular weight is 270 g/mol. The van der Waals surface area contributed by atoms with Crippen LogP contribution in [0.2, 0.25) is 0 Å². The third kappa shape index (κ3) is 3.50. The summed E-state index contributed by atoms with van der Waals surface area (Å²) in [6.07, 6.45) is -2.14. The molecule has 2 N–H and O–H groups in total. The fourth-order valence-corrected chi connectivity index (χ4v) is 2.33. The van der Waals surface area contributed by atoms with Crippen LogP contribution in [-0.4, -0.2) is 17.3 Å². The van der Waals surface area contributed by atoms with E-state index in [9.17, 15) is 13.2 Å². The molecule has 1 aromatic heterocycles. The van der Waals surface area contributed by atoms with Gasteiger partial charge in [0.2, 0.25) is 0 Å². The maximum absolute atomic E-state index is 12.2. The first kappa shape index (κ1) is 13.9. The van der Waals surface area contributed by atoms with Gasteiger partial charge in [0.1, 0.15) is 0 Å². The van der Waals surface area contributed by atoms with Crippen molar-refractivity contribution < 1.29 is 13.2 Å². The number of hydrogen-bond acceptors (Lipinski definition) is 1. The van der Waals surface area contributed by atoms with Crippen molar-refractivity contribution in [3.8, 4) is 0 Å². The molecule has 0 amide bonds. The van der Waals surface area contributed by atoms with E-state index in [1.165, 1.54) is 0 Å². The predicted molar refractivity (Wildman–Crippen MR) is 70.0 cm³/mol. The Bertz CT molecular complexity index is 543. The molecule has 0 spiro atoms. The van der Waals surface area contributed by atoms with Crippen LogP contribution in [0.3, 0.4) is 0 Å². The second kappa shape index (κ2) is 5.65. The lowest BCUT2D eigenvalue weighted by molar-refractivity contribution is -0.135. The molecule has 1 heterocycles. The van der Waals surface area contributed by atoms with Crippen molar-refractivity contribution in [2.24, 2.45) is 5.73 Å². The van der Waals surface area contributed by atoms with Crippen molar-refractivity contribution in [3.63, 3.8) is 0 Å². The Hall–Kier alpha value is -1.49. The quantitative estimate of drug-likeness (QED) is 0.886. The molecule has 0 aliphatic rings. The van der Waals surface area contributed by atoms with E-state index in [-0.39, 0.29) is 6.42 Å². The molecule has 0 saturated carbocycles. The minimum atomic E-state index is -4.08. The Kier molecular flexibility index (Phi) is 4.14. The first-order valence-electron chi connectivity index (χ1n) is 6.35. The number of aromatic nitrogens is 1. The van der Waals surface area contributed by atoms with Crippen molar-refractivity contribution in [1.29, 1.82) is 0 Å². The second-order valence-corrected chi connectivity index (χ2v) is 4.62. The topological polar surface area (TPSA) is 30.9 Å². The third-order valence-corrected chi connectivity index (χ3v) is 3.14. The number of halogens is 3. The highest BCUT2D eigenvalue weighted by atomic mass is 19.4. The molecule has 5 heteroatoms. The summed E-state index contributed by atoms with van der Waals surface area (Å²) in [6.45, 7) is 0.914. The fourth-order valence-electron chi connectivity index (χ4n) is 2.33. The average Bonchev–Trinajstić information content (AvgIpc) is 2.73. The number of fused-ring (bicyclic) bond motifs is 1. The number of hydrogen-bond donors (Lipinski definition) is 1. The number of aryl methyl sites for hydroxylation is 1. The summed E-state index contributed by atoms with van der Waals surface area (Å²) >= 11 is 0. The number of para-hydroxylation sites is 1. The number of benzene rings is 1. The smallest absolute Gasteiger partial charge is 0.347 e. The molecule has 0 fully saturated rings. The van der Waals surface area contributed by atoms with E-state index in [4.69, 9.17) is 5.73 Å². The fraction of sp³-hybridized carbons (Fsp3) is 0.429. The lowest BCUT2D eigenvalue weighted by Crippen LogP contribution is -2.10. The minimum Gasteiger partial charge on any atom is -0.347 e. The van der Waals surface area contributed by atoms with Crippen LogP contribution in [0.1, 0.15) is 18.4 Å². The van der Waals surface area contributed by atoms with Crippen LogP contribution < -0.4 is 5.73 Å². The van der Waals surface area contributed by atoms with Crippen LogP contribution in [0.15, 0.2) is 30.5 Å². The molecule has 2 rings (SSSR count). The molecule has 0 radical (unpaired) electrons. The Balaban J connectivity index is 2.19. The molecule has 0 aliphatic carbocycles. The summed E-state index contributed by atoms with van der Waals surface area (Å²) in [5.74, 6) is 0. The van der Waals surface area contributed by atoms with E-state index in [0.29, 0.717) is 13.1 Å². The molecule has 0 bridgehead atoms. The van der Waals surface area contributed by atoms with Gasteiger partial charge in [0.25, 0.3) is 0 Å². The summed E-state index contributed by atoms with van der Waals surface area (Å²) < 4.78 is 38.4. The highest BCUT2D eigenvalue weighted by molar-refractivity contribution is 5.83. The summed E-state index contributed by atoms with van der Waals surface area (Å²) in [4.78, 5) is 0. The predicted octanol–water partition coefficient (Wildman–Crippen LogP) is 3.49. The van der Waals surface area contributed by atoms with Crippen molar-refractivity contribution in [2.75, 3.05) is 6.54 Å². The number of nitrogens with zero attached hydrogens (tertiary/aromatic N) is 1. The zero-order valence-corrected chi connectivity index (χ0v) is 10.6. The Morgan fingerprint density at radius 3 is 2.63 bits per heavy atom. The lowest BCUT2D eigenvalue weighted by atomic mass is 10.1. The molecule has 19 heavy (non-hydrogen) atoms. The van der Waals surface area contributed by atoms with Gasteiger partial charge in [-0.3, -0.25) is 0 Å². The van der Waals surface area contributed by atoms with E-state index in [1.54, 1.807) is 0 Å². The van der Waals surface area contributed by atoms with Crippen molar-refractivity contribution in [2.45, 2.75) is 32.0 Å². The first-order chi connectivity index (χ1) is 9.01. The van der Waals surface area contributed by atoms with Crippen molar-refractivity contribution in [1.82, 2.24) is 4.57 Å². The molecule has 2 nitrogen and oxygen atoms in total. The molecule has 2 aromatic rings. The van der Waals surface area contributed by atoms with E-state index in [0.717, 1.165) is 22.9 Å². The van der Waals surface area contributed by atoms with Gasteiger partial charge >= 0.3 is 6.18 Å². The van der Waals surface area contributed by atoms with Gasteiger partial charge in [-0.1, -0.05) is 18.2 Å². The van der Waals surface area contributed by atoms with Gasteiger partial charge in [-0.15, -0.1) is 0 Å². The van der Waals surface area contributed by atoms with Crippen molar-refractivity contribution in [3.05, 3.63) is 36.0 Å². The summed E-state index contributed by atoms with van der Waals surface area (Å²) in [5, 5.41) is 1.05. The van der Waals surface area contributed by atoms with Gasteiger partial charge in [0.05, 0.1) is 5.52 Å². The van der Waals surface area contributed by atoms with Crippen LogP contribution in [0, 0.1) is 0 Å². The second-order valence-electron chi connectivity index (χ2n) is 4.62. The van der Waals surface area contributed by atoms with Crippen LogP contribution in [-0.2, 0) is 13.0 Å². The van der Waals surface area contributed by atoms with Crippen LogP contribution in [0.5, 0.6) is 0 Å². The lowest BCUT2D eigenvalue weighted by Gasteiger charge is -2.10. The molecular weight excluding hydrogens is 253 g/mol. The minimum absolute atomic E-state index is 0.101. The van der Waals surface area contributed by atoms with E-state index >= 15 is 0 Å².